The van der Waals surface area contributed by atoms with Crippen molar-refractivity contribution in [1.29, 1.82) is 0 Å². The maximum absolute atomic E-state index is 11.9. The number of halogens is 1. The lowest BCUT2D eigenvalue weighted by Crippen LogP contribution is -2.18. The van der Waals surface area contributed by atoms with E-state index in [4.69, 9.17) is 5.11 Å². The van der Waals surface area contributed by atoms with Gasteiger partial charge in [-0.05, 0) is 11.5 Å². The molecule has 1 aromatic carbocycles. The zero-order valence-electron chi connectivity index (χ0n) is 9.81. The number of benzene rings is 1. The van der Waals surface area contributed by atoms with Gasteiger partial charge in [0.15, 0.2) is 5.78 Å². The van der Waals surface area contributed by atoms with Crippen LogP contribution in [0.15, 0.2) is 24.3 Å². The summed E-state index contributed by atoms with van der Waals surface area (Å²) >= 11 is 3.10. The predicted molar refractivity (Wildman–Crippen MR) is 69.8 cm³/mol. The van der Waals surface area contributed by atoms with Crippen molar-refractivity contribution in [2.45, 2.75) is 31.0 Å². The maximum Gasteiger partial charge on any atom is 0.304 e. The number of hydrogen-bond donors (Lipinski definition) is 1. The van der Waals surface area contributed by atoms with Crippen LogP contribution in [0.4, 0.5) is 0 Å². The second-order valence-corrected chi connectivity index (χ2v) is 5.31. The van der Waals surface area contributed by atoms with Crippen molar-refractivity contribution < 1.29 is 14.7 Å². The third kappa shape index (κ3) is 3.97. The van der Waals surface area contributed by atoms with Crippen LogP contribution < -0.4 is 0 Å². The monoisotopic (exact) mass is 298 g/mol. The summed E-state index contributed by atoms with van der Waals surface area (Å²) in [6.07, 6.45) is -0.204. The molecule has 1 unspecified atom stereocenters. The highest BCUT2D eigenvalue weighted by Gasteiger charge is 2.19. The quantitative estimate of drug-likeness (QED) is 0.671. The average molecular weight is 299 g/mol. The third-order valence-corrected chi connectivity index (χ3v) is 3.24. The molecule has 4 heteroatoms. The summed E-state index contributed by atoms with van der Waals surface area (Å²) in [6.45, 7) is 4.16. The molecule has 0 bridgehead atoms. The summed E-state index contributed by atoms with van der Waals surface area (Å²) in [7, 11) is 0. The molecular weight excluding hydrogens is 284 g/mol. The molecule has 1 rings (SSSR count). The molecule has 0 saturated heterocycles. The van der Waals surface area contributed by atoms with Gasteiger partial charge in [-0.15, -0.1) is 0 Å². The van der Waals surface area contributed by atoms with E-state index >= 15 is 0 Å². The fourth-order valence-electron chi connectivity index (χ4n) is 1.46. The van der Waals surface area contributed by atoms with Crippen LogP contribution in [0, 0.1) is 0 Å². The van der Waals surface area contributed by atoms with Crippen molar-refractivity contribution in [3.05, 3.63) is 35.4 Å². The molecule has 0 aliphatic heterocycles. The molecule has 0 aliphatic carbocycles. The van der Waals surface area contributed by atoms with Crippen molar-refractivity contribution in [3.8, 4) is 0 Å². The smallest absolute Gasteiger partial charge is 0.304 e. The fraction of sp³-hybridized carbons (Fsp3) is 0.385. The molecule has 1 atom stereocenters. The van der Waals surface area contributed by atoms with Gasteiger partial charge in [0.25, 0.3) is 0 Å². The standard InChI is InChI=1S/C13H15BrO3/c1-8(2)9-3-5-10(6-4-9)13(17)11(14)7-12(15)16/h3-6,8,11H,7H2,1-2H3,(H,15,16). The van der Waals surface area contributed by atoms with E-state index in [2.05, 4.69) is 29.8 Å². The molecule has 0 saturated carbocycles. The largest absolute Gasteiger partial charge is 0.481 e. The highest BCUT2D eigenvalue weighted by atomic mass is 79.9. The number of ketones is 1. The first kappa shape index (κ1) is 13.9. The molecule has 3 nitrogen and oxygen atoms in total. The number of carboxylic acid groups (broad SMARTS) is 1. The molecule has 1 N–H and O–H groups in total. The number of carbonyl (C=O) groups excluding carboxylic acids is 1. The van der Waals surface area contributed by atoms with Crippen molar-refractivity contribution in [1.82, 2.24) is 0 Å². The van der Waals surface area contributed by atoms with Crippen LogP contribution in [0.25, 0.3) is 0 Å². The number of Topliss-reactive ketones (excluding diaryl/α,β-unsaturated/α-hetero) is 1. The van der Waals surface area contributed by atoms with E-state index in [0.717, 1.165) is 5.56 Å². The molecule has 0 amide bonds. The maximum atomic E-state index is 11.9. The SMILES string of the molecule is CC(C)c1ccc(C(=O)C(Br)CC(=O)O)cc1. The minimum atomic E-state index is -0.987. The van der Waals surface area contributed by atoms with Crippen molar-refractivity contribution in [3.63, 3.8) is 0 Å². The molecular formula is C13H15BrO3. The van der Waals surface area contributed by atoms with E-state index < -0.39 is 10.8 Å². The summed E-state index contributed by atoms with van der Waals surface area (Å²) in [5.74, 6) is -0.764. The van der Waals surface area contributed by atoms with E-state index in [1.54, 1.807) is 12.1 Å². The Balaban J connectivity index is 2.79. The number of aliphatic carboxylic acids is 1. The molecule has 0 aliphatic rings. The number of alkyl halides is 1. The highest BCUT2D eigenvalue weighted by molar-refractivity contribution is 9.10. The molecule has 0 heterocycles. The first-order chi connectivity index (χ1) is 7.91. The summed E-state index contributed by atoms with van der Waals surface area (Å²) in [6, 6.07) is 7.29. The zero-order chi connectivity index (χ0) is 13.0. The van der Waals surface area contributed by atoms with Crippen LogP contribution in [0.1, 0.15) is 42.1 Å². The Hall–Kier alpha value is -1.16. The van der Waals surface area contributed by atoms with E-state index in [9.17, 15) is 9.59 Å². The van der Waals surface area contributed by atoms with Crippen molar-refractivity contribution >= 4 is 27.7 Å². The molecule has 0 fully saturated rings. The Bertz CT molecular complexity index is 409. The van der Waals surface area contributed by atoms with Gasteiger partial charge < -0.3 is 5.11 Å². The van der Waals surface area contributed by atoms with Gasteiger partial charge >= 0.3 is 5.97 Å². The van der Waals surface area contributed by atoms with E-state index in [1.165, 1.54) is 0 Å². The normalized spacial score (nSPS) is 12.5. The Morgan fingerprint density at radius 2 is 1.76 bits per heavy atom. The van der Waals surface area contributed by atoms with Crippen LogP contribution in [0.2, 0.25) is 0 Å². The van der Waals surface area contributed by atoms with Crippen LogP contribution in [0.5, 0.6) is 0 Å². The minimum absolute atomic E-state index is 0.192. The van der Waals surface area contributed by atoms with Gasteiger partial charge in [-0.1, -0.05) is 54.0 Å². The van der Waals surface area contributed by atoms with Gasteiger partial charge in [-0.2, -0.15) is 0 Å². The summed E-state index contributed by atoms with van der Waals surface area (Å²) in [5.41, 5.74) is 1.70. The Kier molecular flexibility index (Phi) is 4.87. The third-order valence-electron chi connectivity index (χ3n) is 2.50. The van der Waals surface area contributed by atoms with Gasteiger partial charge in [0, 0.05) is 5.56 Å². The fourth-order valence-corrected chi connectivity index (χ4v) is 2.00. The first-order valence-electron chi connectivity index (χ1n) is 5.42. The van der Waals surface area contributed by atoms with Crippen LogP contribution in [-0.2, 0) is 4.79 Å². The van der Waals surface area contributed by atoms with Crippen LogP contribution >= 0.6 is 15.9 Å². The van der Waals surface area contributed by atoms with Gasteiger partial charge in [0.2, 0.25) is 0 Å². The molecule has 0 aromatic heterocycles. The Morgan fingerprint density at radius 1 is 1.24 bits per heavy atom. The van der Waals surface area contributed by atoms with Gasteiger partial charge in [-0.25, -0.2) is 0 Å². The Labute approximate surface area is 109 Å². The first-order valence-corrected chi connectivity index (χ1v) is 6.33. The lowest BCUT2D eigenvalue weighted by atomic mass is 9.99. The minimum Gasteiger partial charge on any atom is -0.481 e. The van der Waals surface area contributed by atoms with Crippen molar-refractivity contribution in [2.75, 3.05) is 0 Å². The predicted octanol–water partition coefficient (Wildman–Crippen LogP) is 3.23. The van der Waals surface area contributed by atoms with Gasteiger partial charge in [-0.3, -0.25) is 9.59 Å². The van der Waals surface area contributed by atoms with E-state index in [-0.39, 0.29) is 12.2 Å². The topological polar surface area (TPSA) is 54.4 Å². The highest BCUT2D eigenvalue weighted by Crippen LogP contribution is 2.18. The van der Waals surface area contributed by atoms with Crippen LogP contribution in [-0.4, -0.2) is 21.7 Å². The Morgan fingerprint density at radius 3 is 2.18 bits per heavy atom. The van der Waals surface area contributed by atoms with E-state index in [0.29, 0.717) is 11.5 Å². The molecule has 17 heavy (non-hydrogen) atoms. The second kappa shape index (κ2) is 5.96. The number of carbonyl (C=O) groups is 2. The molecule has 0 spiro atoms. The summed E-state index contributed by atoms with van der Waals surface area (Å²) in [5, 5.41) is 8.61. The number of hydrogen-bond acceptors (Lipinski definition) is 2. The molecule has 92 valence electrons. The average Bonchev–Trinajstić information content (AvgIpc) is 2.27. The van der Waals surface area contributed by atoms with Crippen molar-refractivity contribution in [2.24, 2.45) is 0 Å². The summed E-state index contributed by atoms with van der Waals surface area (Å²) < 4.78 is 0. The number of rotatable bonds is 5. The van der Waals surface area contributed by atoms with Crippen LogP contribution in [0.3, 0.4) is 0 Å². The lowest BCUT2D eigenvalue weighted by Gasteiger charge is -2.08. The van der Waals surface area contributed by atoms with Gasteiger partial charge in [0.1, 0.15) is 0 Å². The molecule has 1 aromatic rings. The van der Waals surface area contributed by atoms with E-state index in [1.807, 2.05) is 12.1 Å². The lowest BCUT2D eigenvalue weighted by molar-refractivity contribution is -0.136. The van der Waals surface area contributed by atoms with Gasteiger partial charge in [0.05, 0.1) is 11.2 Å². The number of carboxylic acids is 1. The summed E-state index contributed by atoms with van der Waals surface area (Å²) in [4.78, 5) is 21.7. The zero-order valence-corrected chi connectivity index (χ0v) is 11.4. The molecule has 0 radical (unpaired) electrons. The second-order valence-electron chi connectivity index (χ2n) is 4.21.